The minimum absolute atomic E-state index is 0.00111. The minimum atomic E-state index is 0.00111. The molecule has 0 atom stereocenters. The minimum Gasteiger partial charge on any atom is -0.351 e. The Labute approximate surface area is 108 Å². The summed E-state index contributed by atoms with van der Waals surface area (Å²) in [5.41, 5.74) is 0. The van der Waals surface area contributed by atoms with Crippen LogP contribution in [0.25, 0.3) is 0 Å². The van der Waals surface area contributed by atoms with Crippen molar-refractivity contribution in [2.24, 2.45) is 5.92 Å². The average Bonchev–Trinajstić information content (AvgIpc) is 2.89. The first-order valence-corrected chi connectivity index (χ1v) is 7.26. The van der Waals surface area contributed by atoms with Gasteiger partial charge < -0.3 is 5.32 Å². The number of carbonyl (C=O) groups excluding carboxylic acids is 1. The number of nitrogens with one attached hydrogen (secondary N) is 1. The fourth-order valence-corrected chi connectivity index (χ4v) is 3.32. The lowest BCUT2D eigenvalue weighted by Crippen LogP contribution is -2.24. The molecule has 0 aliphatic heterocycles. The number of aromatic nitrogens is 1. The maximum absolute atomic E-state index is 11.7. The van der Waals surface area contributed by atoms with Crippen molar-refractivity contribution in [3.8, 4) is 0 Å². The normalized spacial score (nSPS) is 16.6. The Morgan fingerprint density at radius 1 is 1.56 bits per heavy atom. The van der Waals surface area contributed by atoms with E-state index >= 15 is 0 Å². The Morgan fingerprint density at radius 3 is 2.94 bits per heavy atom. The van der Waals surface area contributed by atoms with Crippen molar-refractivity contribution in [3.63, 3.8) is 0 Å². The average molecular weight is 303 g/mol. The molecule has 1 aliphatic carbocycles. The van der Waals surface area contributed by atoms with Gasteiger partial charge in [0.15, 0.2) is 3.92 Å². The smallest absolute Gasteiger partial charge is 0.263 e. The van der Waals surface area contributed by atoms with Gasteiger partial charge in [-0.3, -0.25) is 4.79 Å². The van der Waals surface area contributed by atoms with Crippen molar-refractivity contribution in [2.45, 2.75) is 32.1 Å². The molecule has 1 fully saturated rings. The summed E-state index contributed by atoms with van der Waals surface area (Å²) in [5, 5.41) is 2.95. The zero-order valence-electron chi connectivity index (χ0n) is 9.04. The third-order valence-electron chi connectivity index (χ3n) is 3.01. The summed E-state index contributed by atoms with van der Waals surface area (Å²) >= 11 is 4.62. The van der Waals surface area contributed by atoms with Gasteiger partial charge in [-0.2, -0.15) is 0 Å². The number of rotatable bonds is 4. The van der Waals surface area contributed by atoms with E-state index in [-0.39, 0.29) is 5.91 Å². The van der Waals surface area contributed by atoms with Gasteiger partial charge in [-0.15, -0.1) is 11.3 Å². The number of hydrogen-bond donors (Lipinski definition) is 1. The molecule has 1 saturated carbocycles. The molecule has 1 N–H and O–H groups in total. The summed E-state index contributed by atoms with van der Waals surface area (Å²) in [5.74, 6) is 0.828. The van der Waals surface area contributed by atoms with Gasteiger partial charge in [-0.1, -0.05) is 25.7 Å². The summed E-state index contributed by atoms with van der Waals surface area (Å²) in [6.07, 6.45) is 8.12. The second kappa shape index (κ2) is 5.77. The van der Waals surface area contributed by atoms with Gasteiger partial charge in [0.1, 0.15) is 4.88 Å². The quantitative estimate of drug-likeness (QED) is 0.928. The third kappa shape index (κ3) is 3.28. The molecule has 0 radical (unpaired) electrons. The van der Waals surface area contributed by atoms with Gasteiger partial charge in [-0.05, 0) is 28.3 Å². The molecule has 2 rings (SSSR count). The molecule has 1 aromatic rings. The van der Waals surface area contributed by atoms with Crippen LogP contribution < -0.4 is 5.32 Å². The summed E-state index contributed by atoms with van der Waals surface area (Å²) in [4.78, 5) is 16.3. The van der Waals surface area contributed by atoms with Gasteiger partial charge in [0.25, 0.3) is 5.91 Å². The Bertz CT molecular complexity index is 361. The predicted molar refractivity (Wildman–Crippen MR) is 68.7 cm³/mol. The van der Waals surface area contributed by atoms with Gasteiger partial charge in [0.2, 0.25) is 0 Å². The Balaban J connectivity index is 1.71. The lowest BCUT2D eigenvalue weighted by atomic mass is 10.0. The van der Waals surface area contributed by atoms with E-state index in [1.807, 2.05) is 0 Å². The van der Waals surface area contributed by atoms with Gasteiger partial charge >= 0.3 is 0 Å². The van der Waals surface area contributed by atoms with Crippen LogP contribution in [0.2, 0.25) is 0 Å². The van der Waals surface area contributed by atoms with Gasteiger partial charge in [-0.25, -0.2) is 4.98 Å². The summed E-state index contributed by atoms with van der Waals surface area (Å²) in [6.45, 7) is 0.791. The molecule has 0 bridgehead atoms. The summed E-state index contributed by atoms with van der Waals surface area (Å²) < 4.78 is 0.758. The summed E-state index contributed by atoms with van der Waals surface area (Å²) in [7, 11) is 0. The number of halogens is 1. The van der Waals surface area contributed by atoms with Crippen molar-refractivity contribution < 1.29 is 4.79 Å². The molecule has 0 unspecified atom stereocenters. The molecular formula is C11H15BrN2OS. The van der Waals surface area contributed by atoms with E-state index in [0.29, 0.717) is 4.88 Å². The van der Waals surface area contributed by atoms with E-state index in [1.165, 1.54) is 37.0 Å². The highest BCUT2D eigenvalue weighted by molar-refractivity contribution is 9.11. The van der Waals surface area contributed by atoms with E-state index < -0.39 is 0 Å². The van der Waals surface area contributed by atoms with E-state index in [0.717, 1.165) is 22.8 Å². The molecule has 16 heavy (non-hydrogen) atoms. The first kappa shape index (κ1) is 12.0. The van der Waals surface area contributed by atoms with Crippen LogP contribution in [0.5, 0.6) is 0 Å². The molecule has 3 nitrogen and oxygen atoms in total. The Hall–Kier alpha value is -0.420. The van der Waals surface area contributed by atoms with Crippen LogP contribution in [-0.4, -0.2) is 17.4 Å². The highest BCUT2D eigenvalue weighted by Crippen LogP contribution is 2.27. The fourth-order valence-electron chi connectivity index (χ4n) is 2.13. The van der Waals surface area contributed by atoms with Gasteiger partial charge in [0, 0.05) is 6.54 Å². The van der Waals surface area contributed by atoms with Crippen LogP contribution in [0.3, 0.4) is 0 Å². The molecule has 1 aliphatic rings. The predicted octanol–water partition coefficient (Wildman–Crippen LogP) is 3.22. The molecule has 0 aromatic carbocycles. The van der Waals surface area contributed by atoms with E-state index in [2.05, 4.69) is 26.2 Å². The number of hydrogen-bond acceptors (Lipinski definition) is 3. The van der Waals surface area contributed by atoms with Crippen molar-refractivity contribution in [1.29, 1.82) is 0 Å². The fraction of sp³-hybridized carbons (Fsp3) is 0.636. The first-order valence-electron chi connectivity index (χ1n) is 5.65. The molecule has 88 valence electrons. The molecular weight excluding hydrogens is 288 g/mol. The molecule has 1 aromatic heterocycles. The van der Waals surface area contributed by atoms with Crippen LogP contribution in [0.4, 0.5) is 0 Å². The van der Waals surface area contributed by atoms with Crippen molar-refractivity contribution >= 4 is 33.2 Å². The van der Waals surface area contributed by atoms with Crippen LogP contribution in [0.1, 0.15) is 41.8 Å². The molecule has 5 heteroatoms. The number of thiazole rings is 1. The number of amides is 1. The standard InChI is InChI=1S/C11H15BrN2OS/c12-11-14-7-9(16-11)10(15)13-6-5-8-3-1-2-4-8/h7-8H,1-6H2,(H,13,15). The molecule has 0 saturated heterocycles. The second-order valence-electron chi connectivity index (χ2n) is 4.17. The van der Waals surface area contributed by atoms with Crippen LogP contribution in [0.15, 0.2) is 10.1 Å². The highest BCUT2D eigenvalue weighted by atomic mass is 79.9. The van der Waals surface area contributed by atoms with E-state index in [4.69, 9.17) is 0 Å². The monoisotopic (exact) mass is 302 g/mol. The second-order valence-corrected chi connectivity index (χ2v) is 6.48. The van der Waals surface area contributed by atoms with Gasteiger partial charge in [0.05, 0.1) is 6.20 Å². The highest BCUT2D eigenvalue weighted by Gasteiger charge is 2.15. The molecule has 1 amide bonds. The van der Waals surface area contributed by atoms with E-state index in [1.54, 1.807) is 6.20 Å². The molecule has 1 heterocycles. The van der Waals surface area contributed by atoms with Crippen molar-refractivity contribution in [1.82, 2.24) is 10.3 Å². The largest absolute Gasteiger partial charge is 0.351 e. The Morgan fingerprint density at radius 2 is 2.31 bits per heavy atom. The lowest BCUT2D eigenvalue weighted by molar-refractivity contribution is 0.0955. The SMILES string of the molecule is O=C(NCCC1CCCC1)c1cnc(Br)s1. The maximum Gasteiger partial charge on any atom is 0.263 e. The lowest BCUT2D eigenvalue weighted by Gasteiger charge is -2.08. The number of carbonyl (C=O) groups is 1. The maximum atomic E-state index is 11.7. The molecule has 0 spiro atoms. The zero-order valence-corrected chi connectivity index (χ0v) is 11.4. The van der Waals surface area contributed by atoms with Crippen LogP contribution >= 0.6 is 27.3 Å². The topological polar surface area (TPSA) is 42.0 Å². The van der Waals surface area contributed by atoms with Crippen LogP contribution in [0, 0.1) is 5.92 Å². The summed E-state index contributed by atoms with van der Waals surface area (Å²) in [6, 6.07) is 0. The first-order chi connectivity index (χ1) is 7.75. The number of nitrogens with zero attached hydrogens (tertiary/aromatic N) is 1. The third-order valence-corrected chi connectivity index (χ3v) is 4.49. The Kier molecular flexibility index (Phi) is 4.35. The zero-order chi connectivity index (χ0) is 11.4. The van der Waals surface area contributed by atoms with Crippen molar-refractivity contribution in [2.75, 3.05) is 6.54 Å². The van der Waals surface area contributed by atoms with E-state index in [9.17, 15) is 4.79 Å². The van der Waals surface area contributed by atoms with Crippen LogP contribution in [-0.2, 0) is 0 Å². The van der Waals surface area contributed by atoms with Crippen molar-refractivity contribution in [3.05, 3.63) is 15.0 Å².